The second kappa shape index (κ2) is 6.61. The molecule has 1 heterocycles. The molecular weight excluding hydrogens is 280 g/mol. The van der Waals surface area contributed by atoms with Crippen molar-refractivity contribution in [3.8, 4) is 0 Å². The Morgan fingerprint density at radius 1 is 1.65 bits per heavy atom. The first-order valence-electron chi connectivity index (χ1n) is 6.29. The highest BCUT2D eigenvalue weighted by Crippen LogP contribution is 2.18. The molecule has 0 bridgehead atoms. The predicted octanol–water partition coefficient (Wildman–Crippen LogP) is 2.80. The number of nitrogens with zero attached hydrogens (tertiary/aromatic N) is 4. The summed E-state index contributed by atoms with van der Waals surface area (Å²) in [4.78, 5) is 16.8. The average molecular weight is 295 g/mol. The fraction of sp³-hybridized carbons (Fsp3) is 0.462. The monoisotopic (exact) mass is 294 g/mol. The molecule has 0 saturated carbocycles. The maximum absolute atomic E-state index is 12.4. The molecule has 1 fully saturated rings. The van der Waals surface area contributed by atoms with Crippen LogP contribution in [0.5, 0.6) is 0 Å². The van der Waals surface area contributed by atoms with E-state index in [0.29, 0.717) is 30.3 Å². The van der Waals surface area contributed by atoms with Gasteiger partial charge in [0, 0.05) is 28.6 Å². The third-order valence-electron chi connectivity index (χ3n) is 3.18. The first kappa shape index (κ1) is 14.7. The Morgan fingerprint density at radius 2 is 2.45 bits per heavy atom. The summed E-state index contributed by atoms with van der Waals surface area (Å²) >= 11 is 5.96. The molecule has 1 aromatic carbocycles. The summed E-state index contributed by atoms with van der Waals surface area (Å²) in [6, 6.07) is 5.22. The van der Waals surface area contributed by atoms with Crippen LogP contribution >= 0.6 is 11.6 Å². The zero-order valence-electron chi connectivity index (χ0n) is 11.1. The Kier molecular flexibility index (Phi) is 4.84. The van der Waals surface area contributed by atoms with E-state index in [4.69, 9.17) is 21.9 Å². The van der Waals surface area contributed by atoms with Gasteiger partial charge in [-0.1, -0.05) is 16.7 Å². The number of ether oxygens (including phenoxy) is 1. The van der Waals surface area contributed by atoms with Gasteiger partial charge in [-0.25, -0.2) is 0 Å². The number of carbonyl (C=O) groups excluding carboxylic acids is 1. The predicted molar refractivity (Wildman–Crippen MR) is 75.8 cm³/mol. The SMILES string of the molecule is Cc1cc(C(=O)N2CCOC(CN=[N+]=[N-])C2)ccc1Cl. The van der Waals surface area contributed by atoms with Crippen molar-refractivity contribution in [1.82, 2.24) is 4.90 Å². The summed E-state index contributed by atoms with van der Waals surface area (Å²) < 4.78 is 5.46. The van der Waals surface area contributed by atoms with Gasteiger partial charge >= 0.3 is 0 Å². The van der Waals surface area contributed by atoms with Crippen LogP contribution in [0.25, 0.3) is 10.4 Å². The van der Waals surface area contributed by atoms with E-state index in [1.807, 2.05) is 6.92 Å². The maximum atomic E-state index is 12.4. The molecule has 1 aromatic rings. The summed E-state index contributed by atoms with van der Waals surface area (Å²) in [6.45, 7) is 3.51. The lowest BCUT2D eigenvalue weighted by atomic mass is 10.1. The van der Waals surface area contributed by atoms with Gasteiger partial charge in [-0.15, -0.1) is 0 Å². The third-order valence-corrected chi connectivity index (χ3v) is 3.60. The highest BCUT2D eigenvalue weighted by atomic mass is 35.5. The quantitative estimate of drug-likeness (QED) is 0.488. The molecule has 1 aliphatic rings. The van der Waals surface area contributed by atoms with Gasteiger partial charge in [0.2, 0.25) is 0 Å². The number of rotatable bonds is 3. The van der Waals surface area contributed by atoms with E-state index in [-0.39, 0.29) is 18.6 Å². The molecule has 0 aromatic heterocycles. The Morgan fingerprint density at radius 3 is 3.15 bits per heavy atom. The van der Waals surface area contributed by atoms with Gasteiger partial charge in [-0.2, -0.15) is 0 Å². The molecule has 1 saturated heterocycles. The zero-order valence-corrected chi connectivity index (χ0v) is 11.9. The number of hydrogen-bond acceptors (Lipinski definition) is 3. The van der Waals surface area contributed by atoms with Crippen molar-refractivity contribution in [2.75, 3.05) is 26.2 Å². The smallest absolute Gasteiger partial charge is 0.254 e. The molecule has 0 spiro atoms. The minimum atomic E-state index is -0.239. The van der Waals surface area contributed by atoms with Crippen LogP contribution in [0, 0.1) is 6.92 Å². The topological polar surface area (TPSA) is 78.3 Å². The summed E-state index contributed by atoms with van der Waals surface area (Å²) in [5.74, 6) is -0.0565. The molecule has 1 atom stereocenters. The molecule has 2 rings (SSSR count). The van der Waals surface area contributed by atoms with E-state index < -0.39 is 0 Å². The van der Waals surface area contributed by atoms with Crippen LogP contribution in [0.4, 0.5) is 0 Å². The molecule has 1 amide bonds. The van der Waals surface area contributed by atoms with Crippen molar-refractivity contribution in [1.29, 1.82) is 0 Å². The summed E-state index contributed by atoms with van der Waals surface area (Å²) in [7, 11) is 0. The molecule has 6 nitrogen and oxygen atoms in total. The standard InChI is InChI=1S/C13H15ClN4O2/c1-9-6-10(2-3-12(9)14)13(19)18-4-5-20-11(8-18)7-16-17-15/h2-3,6,11H,4-5,7-8H2,1H3. The van der Waals surface area contributed by atoms with Crippen molar-refractivity contribution in [3.05, 3.63) is 44.8 Å². The molecule has 1 unspecified atom stereocenters. The fourth-order valence-electron chi connectivity index (χ4n) is 2.10. The minimum absolute atomic E-state index is 0.0565. The van der Waals surface area contributed by atoms with Gasteiger partial charge in [-0.3, -0.25) is 4.79 Å². The number of hydrogen-bond donors (Lipinski definition) is 0. The molecule has 106 valence electrons. The lowest BCUT2D eigenvalue weighted by molar-refractivity contribution is -0.0167. The fourth-order valence-corrected chi connectivity index (χ4v) is 2.22. The van der Waals surface area contributed by atoms with Crippen LogP contribution in [0.1, 0.15) is 15.9 Å². The Bertz CT molecular complexity index is 557. The van der Waals surface area contributed by atoms with E-state index >= 15 is 0 Å². The van der Waals surface area contributed by atoms with Crippen molar-refractivity contribution in [2.24, 2.45) is 5.11 Å². The molecule has 0 radical (unpaired) electrons. The van der Waals surface area contributed by atoms with Gasteiger partial charge in [-0.05, 0) is 36.2 Å². The molecule has 0 N–H and O–H groups in total. The van der Waals surface area contributed by atoms with Crippen LogP contribution < -0.4 is 0 Å². The normalized spacial score (nSPS) is 18.5. The van der Waals surface area contributed by atoms with Crippen molar-refractivity contribution >= 4 is 17.5 Å². The summed E-state index contributed by atoms with van der Waals surface area (Å²) in [5, 5.41) is 4.13. The highest BCUT2D eigenvalue weighted by molar-refractivity contribution is 6.31. The number of benzene rings is 1. The van der Waals surface area contributed by atoms with Gasteiger partial charge in [0.15, 0.2) is 0 Å². The highest BCUT2D eigenvalue weighted by Gasteiger charge is 2.24. The number of aryl methyl sites for hydroxylation is 1. The van der Waals surface area contributed by atoms with Crippen LogP contribution in [-0.4, -0.2) is 43.2 Å². The van der Waals surface area contributed by atoms with Crippen molar-refractivity contribution in [2.45, 2.75) is 13.0 Å². The molecular formula is C13H15ClN4O2. The van der Waals surface area contributed by atoms with E-state index in [1.165, 1.54) is 0 Å². The number of carbonyl (C=O) groups is 1. The number of morpholine rings is 1. The minimum Gasteiger partial charge on any atom is -0.374 e. The van der Waals surface area contributed by atoms with Crippen LogP contribution in [0.3, 0.4) is 0 Å². The second-order valence-electron chi connectivity index (χ2n) is 4.62. The molecule has 1 aliphatic heterocycles. The largest absolute Gasteiger partial charge is 0.374 e. The average Bonchev–Trinajstić information content (AvgIpc) is 2.47. The Hall–Kier alpha value is -1.75. The van der Waals surface area contributed by atoms with Crippen LogP contribution in [0.15, 0.2) is 23.3 Å². The lowest BCUT2D eigenvalue weighted by Gasteiger charge is -2.32. The maximum Gasteiger partial charge on any atom is 0.254 e. The molecule has 7 heteroatoms. The van der Waals surface area contributed by atoms with E-state index in [2.05, 4.69) is 10.0 Å². The number of amides is 1. The molecule has 20 heavy (non-hydrogen) atoms. The lowest BCUT2D eigenvalue weighted by Crippen LogP contribution is -2.46. The first-order valence-corrected chi connectivity index (χ1v) is 6.67. The summed E-state index contributed by atoms with van der Waals surface area (Å²) in [5.41, 5.74) is 9.80. The second-order valence-corrected chi connectivity index (χ2v) is 5.03. The van der Waals surface area contributed by atoms with Crippen molar-refractivity contribution in [3.63, 3.8) is 0 Å². The van der Waals surface area contributed by atoms with Gasteiger partial charge in [0.05, 0.1) is 19.3 Å². The first-order chi connectivity index (χ1) is 9.61. The van der Waals surface area contributed by atoms with E-state index in [9.17, 15) is 4.79 Å². The van der Waals surface area contributed by atoms with Gasteiger partial charge in [0.25, 0.3) is 5.91 Å². The van der Waals surface area contributed by atoms with Crippen molar-refractivity contribution < 1.29 is 9.53 Å². The number of azide groups is 1. The number of halogens is 1. The zero-order chi connectivity index (χ0) is 14.5. The van der Waals surface area contributed by atoms with E-state index in [0.717, 1.165) is 5.56 Å². The molecule has 0 aliphatic carbocycles. The van der Waals surface area contributed by atoms with Crippen LogP contribution in [-0.2, 0) is 4.74 Å². The van der Waals surface area contributed by atoms with Gasteiger partial charge in [0.1, 0.15) is 0 Å². The van der Waals surface area contributed by atoms with Gasteiger partial charge < -0.3 is 9.64 Å². The van der Waals surface area contributed by atoms with Crippen LogP contribution in [0.2, 0.25) is 5.02 Å². The summed E-state index contributed by atoms with van der Waals surface area (Å²) in [6.07, 6.45) is -0.239. The third kappa shape index (κ3) is 3.42. The Labute approximate surface area is 121 Å². The van der Waals surface area contributed by atoms with E-state index in [1.54, 1.807) is 23.1 Å². The Balaban J connectivity index is 2.07.